The molecule has 21 heavy (non-hydrogen) atoms. The smallest absolute Gasteiger partial charge is 0.305 e. The molecule has 0 aliphatic carbocycles. The molecule has 1 unspecified atom stereocenters. The molecule has 0 saturated carbocycles. The van der Waals surface area contributed by atoms with Crippen LogP contribution in [0.2, 0.25) is 5.02 Å². The van der Waals surface area contributed by atoms with Crippen LogP contribution in [0.25, 0.3) is 0 Å². The van der Waals surface area contributed by atoms with Crippen LogP contribution in [0.4, 0.5) is 0 Å². The van der Waals surface area contributed by atoms with Gasteiger partial charge in [-0.3, -0.25) is 9.59 Å². The van der Waals surface area contributed by atoms with Crippen molar-refractivity contribution >= 4 is 23.5 Å². The van der Waals surface area contributed by atoms with Crippen molar-refractivity contribution in [1.82, 2.24) is 5.32 Å². The molecule has 2 N–H and O–H groups in total. The summed E-state index contributed by atoms with van der Waals surface area (Å²) in [6, 6.07) is 4.62. The predicted molar refractivity (Wildman–Crippen MR) is 83.8 cm³/mol. The molecule has 5 heteroatoms. The fourth-order valence-electron chi connectivity index (χ4n) is 2.27. The zero-order valence-electron chi connectivity index (χ0n) is 12.9. The van der Waals surface area contributed by atoms with Crippen LogP contribution in [0, 0.1) is 12.3 Å². The number of nitrogens with one attached hydrogen (secondary N) is 1. The van der Waals surface area contributed by atoms with Crippen molar-refractivity contribution in [1.29, 1.82) is 0 Å². The van der Waals surface area contributed by atoms with Gasteiger partial charge in [0.25, 0.3) is 5.91 Å². The molecule has 1 aromatic carbocycles. The Hall–Kier alpha value is -1.55. The average molecular weight is 312 g/mol. The second-order valence-electron chi connectivity index (χ2n) is 6.49. The Morgan fingerprint density at radius 3 is 2.43 bits per heavy atom. The summed E-state index contributed by atoms with van der Waals surface area (Å²) in [5.41, 5.74) is 1.22. The van der Waals surface area contributed by atoms with Gasteiger partial charge in [0.2, 0.25) is 0 Å². The summed E-state index contributed by atoms with van der Waals surface area (Å²) in [7, 11) is 0. The second kappa shape index (κ2) is 6.94. The van der Waals surface area contributed by atoms with Crippen LogP contribution in [0.5, 0.6) is 0 Å². The first-order valence-corrected chi connectivity index (χ1v) is 7.25. The highest BCUT2D eigenvalue weighted by Gasteiger charge is 2.23. The Kier molecular flexibility index (Phi) is 5.78. The molecular formula is C16H22ClNO3. The molecule has 0 bridgehead atoms. The fraction of sp³-hybridized carbons (Fsp3) is 0.500. The molecule has 0 aliphatic rings. The first-order valence-electron chi connectivity index (χ1n) is 6.87. The highest BCUT2D eigenvalue weighted by atomic mass is 35.5. The molecule has 0 fully saturated rings. The minimum atomic E-state index is -0.919. The molecule has 1 amide bonds. The number of benzene rings is 1. The van der Waals surface area contributed by atoms with Crippen molar-refractivity contribution in [3.8, 4) is 0 Å². The van der Waals surface area contributed by atoms with E-state index in [0.717, 1.165) is 5.56 Å². The van der Waals surface area contributed by atoms with Gasteiger partial charge in [-0.25, -0.2) is 0 Å². The van der Waals surface area contributed by atoms with Gasteiger partial charge in [0.1, 0.15) is 0 Å². The number of carbonyl (C=O) groups excluding carboxylic acids is 1. The number of rotatable bonds is 5. The lowest BCUT2D eigenvalue weighted by molar-refractivity contribution is -0.137. The number of aryl methyl sites for hydroxylation is 1. The first kappa shape index (κ1) is 17.5. The monoisotopic (exact) mass is 311 g/mol. The largest absolute Gasteiger partial charge is 0.481 e. The molecule has 0 saturated heterocycles. The number of amides is 1. The van der Waals surface area contributed by atoms with Crippen LogP contribution in [-0.4, -0.2) is 23.0 Å². The standard InChI is InChI=1S/C16H22ClNO3/c1-10-7-11(17)5-6-13(10)15(21)18-12(8-14(19)20)9-16(2,3)4/h5-7,12H,8-9H2,1-4H3,(H,18,21)(H,19,20). The van der Waals surface area contributed by atoms with Crippen molar-refractivity contribution < 1.29 is 14.7 Å². The Morgan fingerprint density at radius 1 is 1.33 bits per heavy atom. The van der Waals surface area contributed by atoms with Crippen molar-refractivity contribution in [2.75, 3.05) is 0 Å². The Bertz CT molecular complexity index is 535. The maximum Gasteiger partial charge on any atom is 0.305 e. The molecule has 0 aromatic heterocycles. The Morgan fingerprint density at radius 2 is 1.95 bits per heavy atom. The van der Waals surface area contributed by atoms with Crippen LogP contribution < -0.4 is 5.32 Å². The van der Waals surface area contributed by atoms with E-state index in [-0.39, 0.29) is 17.7 Å². The summed E-state index contributed by atoms with van der Waals surface area (Å²) in [6.45, 7) is 7.85. The van der Waals surface area contributed by atoms with Crippen molar-refractivity contribution in [3.05, 3.63) is 34.3 Å². The van der Waals surface area contributed by atoms with E-state index < -0.39 is 12.0 Å². The first-order chi connectivity index (χ1) is 9.58. The summed E-state index contributed by atoms with van der Waals surface area (Å²) < 4.78 is 0. The molecule has 1 atom stereocenters. The van der Waals surface area contributed by atoms with E-state index in [1.807, 2.05) is 20.8 Å². The number of carboxylic acid groups (broad SMARTS) is 1. The SMILES string of the molecule is Cc1cc(Cl)ccc1C(=O)NC(CC(=O)O)CC(C)(C)C. The number of aliphatic carboxylic acids is 1. The van der Waals surface area contributed by atoms with Gasteiger partial charge in [-0.15, -0.1) is 0 Å². The third-order valence-electron chi connectivity index (χ3n) is 3.05. The van der Waals surface area contributed by atoms with E-state index in [4.69, 9.17) is 16.7 Å². The summed E-state index contributed by atoms with van der Waals surface area (Å²) in [5.74, 6) is -1.18. The molecule has 116 valence electrons. The van der Waals surface area contributed by atoms with Crippen LogP contribution in [0.3, 0.4) is 0 Å². The predicted octanol–water partition coefficient (Wildman–Crippen LogP) is 3.66. The van der Waals surface area contributed by atoms with E-state index in [1.54, 1.807) is 25.1 Å². The minimum absolute atomic E-state index is 0.0670. The van der Waals surface area contributed by atoms with Crippen molar-refractivity contribution in [3.63, 3.8) is 0 Å². The van der Waals surface area contributed by atoms with Gasteiger partial charge in [0.05, 0.1) is 6.42 Å². The fourth-order valence-corrected chi connectivity index (χ4v) is 2.50. The number of halogens is 1. The normalized spacial score (nSPS) is 12.8. The molecule has 4 nitrogen and oxygen atoms in total. The van der Waals surface area contributed by atoms with Gasteiger partial charge in [-0.05, 0) is 42.5 Å². The third-order valence-corrected chi connectivity index (χ3v) is 3.28. The van der Waals surface area contributed by atoms with Gasteiger partial charge >= 0.3 is 5.97 Å². The molecule has 0 aliphatic heterocycles. The van der Waals surface area contributed by atoms with E-state index in [0.29, 0.717) is 17.0 Å². The highest BCUT2D eigenvalue weighted by Crippen LogP contribution is 2.23. The van der Waals surface area contributed by atoms with Crippen LogP contribution in [-0.2, 0) is 4.79 Å². The molecule has 0 radical (unpaired) electrons. The van der Waals surface area contributed by atoms with E-state index >= 15 is 0 Å². The highest BCUT2D eigenvalue weighted by molar-refractivity contribution is 6.30. The maximum atomic E-state index is 12.3. The van der Waals surface area contributed by atoms with E-state index in [1.165, 1.54) is 0 Å². The van der Waals surface area contributed by atoms with Gasteiger partial charge in [-0.1, -0.05) is 32.4 Å². The minimum Gasteiger partial charge on any atom is -0.481 e. The molecular weight excluding hydrogens is 290 g/mol. The lowest BCUT2D eigenvalue weighted by atomic mass is 9.87. The molecule has 1 rings (SSSR count). The average Bonchev–Trinajstić information content (AvgIpc) is 2.24. The zero-order valence-corrected chi connectivity index (χ0v) is 13.6. The quantitative estimate of drug-likeness (QED) is 0.872. The third kappa shape index (κ3) is 6.17. The van der Waals surface area contributed by atoms with Crippen molar-refractivity contribution in [2.45, 2.75) is 46.6 Å². The van der Waals surface area contributed by atoms with Gasteiger partial charge < -0.3 is 10.4 Å². The summed E-state index contributed by atoms with van der Waals surface area (Å²) in [6.07, 6.45) is 0.507. The van der Waals surface area contributed by atoms with Gasteiger partial charge in [-0.2, -0.15) is 0 Å². The zero-order chi connectivity index (χ0) is 16.2. The lowest BCUT2D eigenvalue weighted by Crippen LogP contribution is -2.39. The van der Waals surface area contributed by atoms with Gasteiger partial charge in [0.15, 0.2) is 0 Å². The lowest BCUT2D eigenvalue weighted by Gasteiger charge is -2.26. The Labute approximate surface area is 130 Å². The van der Waals surface area contributed by atoms with Crippen LogP contribution in [0.15, 0.2) is 18.2 Å². The van der Waals surface area contributed by atoms with E-state index in [2.05, 4.69) is 5.32 Å². The maximum absolute atomic E-state index is 12.3. The second-order valence-corrected chi connectivity index (χ2v) is 6.93. The Balaban J connectivity index is 2.86. The number of carboxylic acids is 1. The number of hydrogen-bond acceptors (Lipinski definition) is 2. The summed E-state index contributed by atoms with van der Waals surface area (Å²) in [4.78, 5) is 23.3. The topological polar surface area (TPSA) is 66.4 Å². The van der Waals surface area contributed by atoms with E-state index in [9.17, 15) is 9.59 Å². The number of hydrogen-bond donors (Lipinski definition) is 2. The number of carbonyl (C=O) groups is 2. The summed E-state index contributed by atoms with van der Waals surface area (Å²) >= 11 is 5.87. The summed E-state index contributed by atoms with van der Waals surface area (Å²) in [5, 5.41) is 12.4. The van der Waals surface area contributed by atoms with Gasteiger partial charge in [0, 0.05) is 16.6 Å². The molecule has 0 spiro atoms. The van der Waals surface area contributed by atoms with Crippen LogP contribution >= 0.6 is 11.6 Å². The van der Waals surface area contributed by atoms with Crippen molar-refractivity contribution in [2.24, 2.45) is 5.41 Å². The van der Waals surface area contributed by atoms with Crippen LogP contribution in [0.1, 0.15) is 49.5 Å². The molecule has 0 heterocycles. The molecule has 1 aromatic rings.